The Labute approximate surface area is 155 Å². The molecule has 1 aliphatic heterocycles. The molecule has 1 amide bonds. The van der Waals surface area contributed by atoms with Gasteiger partial charge in [-0.1, -0.05) is 17.7 Å². The molecule has 0 radical (unpaired) electrons. The summed E-state index contributed by atoms with van der Waals surface area (Å²) in [7, 11) is 3.11. The second kappa shape index (κ2) is 7.37. The molecule has 1 fully saturated rings. The van der Waals surface area contributed by atoms with Crippen molar-refractivity contribution in [3.63, 3.8) is 0 Å². The number of anilines is 2. The van der Waals surface area contributed by atoms with E-state index in [4.69, 9.17) is 11.6 Å². The highest BCUT2D eigenvalue weighted by Crippen LogP contribution is 2.23. The van der Waals surface area contributed by atoms with Crippen LogP contribution in [0.3, 0.4) is 0 Å². The van der Waals surface area contributed by atoms with Gasteiger partial charge in [0.1, 0.15) is 5.82 Å². The van der Waals surface area contributed by atoms with Crippen LogP contribution in [-0.2, 0) is 18.9 Å². The van der Waals surface area contributed by atoms with Crippen molar-refractivity contribution in [2.75, 3.05) is 23.3 Å². The lowest BCUT2D eigenvalue weighted by Gasteiger charge is -2.33. The first-order valence-corrected chi connectivity index (χ1v) is 8.83. The van der Waals surface area contributed by atoms with E-state index in [0.717, 1.165) is 4.57 Å². The fourth-order valence-corrected chi connectivity index (χ4v) is 3.40. The molecule has 2 heterocycles. The van der Waals surface area contributed by atoms with Gasteiger partial charge in [-0.05, 0) is 31.0 Å². The van der Waals surface area contributed by atoms with Gasteiger partial charge in [-0.25, -0.2) is 4.79 Å². The second-order valence-electron chi connectivity index (χ2n) is 6.50. The summed E-state index contributed by atoms with van der Waals surface area (Å²) < 4.78 is 2.54. The molecule has 0 saturated carbocycles. The molecule has 1 aromatic carbocycles. The number of benzene rings is 1. The van der Waals surface area contributed by atoms with Gasteiger partial charge in [0.05, 0.1) is 0 Å². The zero-order valence-corrected chi connectivity index (χ0v) is 15.5. The van der Waals surface area contributed by atoms with Crippen LogP contribution in [0.25, 0.3) is 0 Å². The maximum Gasteiger partial charge on any atom is 0.332 e. The van der Waals surface area contributed by atoms with Gasteiger partial charge in [0.2, 0.25) is 5.91 Å². The molecule has 1 aromatic heterocycles. The van der Waals surface area contributed by atoms with Crippen molar-refractivity contribution in [1.82, 2.24) is 9.13 Å². The van der Waals surface area contributed by atoms with E-state index < -0.39 is 0 Å². The molecule has 138 valence electrons. The molecule has 0 spiro atoms. The van der Waals surface area contributed by atoms with Gasteiger partial charge in [-0.2, -0.15) is 0 Å². The molecule has 1 N–H and O–H groups in total. The average molecular weight is 377 g/mol. The molecule has 2 aromatic rings. The SMILES string of the molecule is Cn1c(N2CCC(C(=O)Nc3cccc(Cl)c3)CC2)cc(=O)n(C)c1=O. The number of nitrogens with one attached hydrogen (secondary N) is 1. The Morgan fingerprint density at radius 3 is 2.46 bits per heavy atom. The number of halogens is 1. The Bertz CT molecular complexity index is 942. The monoisotopic (exact) mass is 376 g/mol. The largest absolute Gasteiger partial charge is 0.358 e. The summed E-state index contributed by atoms with van der Waals surface area (Å²) in [5, 5.41) is 3.47. The van der Waals surface area contributed by atoms with Crippen LogP contribution in [-0.4, -0.2) is 28.1 Å². The highest BCUT2D eigenvalue weighted by molar-refractivity contribution is 6.30. The highest BCUT2D eigenvalue weighted by atomic mass is 35.5. The third kappa shape index (κ3) is 3.67. The van der Waals surface area contributed by atoms with E-state index in [-0.39, 0.29) is 23.1 Å². The number of amides is 1. The molecule has 0 unspecified atom stereocenters. The Balaban J connectivity index is 1.67. The normalized spacial score (nSPS) is 15.1. The van der Waals surface area contributed by atoms with E-state index in [9.17, 15) is 14.4 Å². The van der Waals surface area contributed by atoms with Crippen LogP contribution in [0.5, 0.6) is 0 Å². The molecule has 1 saturated heterocycles. The van der Waals surface area contributed by atoms with E-state index in [1.54, 1.807) is 31.3 Å². The number of piperidine rings is 1. The van der Waals surface area contributed by atoms with Crippen LogP contribution >= 0.6 is 11.6 Å². The van der Waals surface area contributed by atoms with Gasteiger partial charge in [0.15, 0.2) is 0 Å². The number of hydrogen-bond acceptors (Lipinski definition) is 4. The van der Waals surface area contributed by atoms with E-state index >= 15 is 0 Å². The van der Waals surface area contributed by atoms with Gasteiger partial charge >= 0.3 is 5.69 Å². The molecule has 3 rings (SSSR count). The third-order valence-electron chi connectivity index (χ3n) is 4.78. The lowest BCUT2D eigenvalue weighted by molar-refractivity contribution is -0.120. The maximum atomic E-state index is 12.5. The van der Waals surface area contributed by atoms with Crippen molar-refractivity contribution in [1.29, 1.82) is 0 Å². The fraction of sp³-hybridized carbons (Fsp3) is 0.389. The number of aromatic nitrogens is 2. The first kappa shape index (κ1) is 18.3. The zero-order valence-electron chi connectivity index (χ0n) is 14.7. The Kier molecular flexibility index (Phi) is 5.18. The standard InChI is InChI=1S/C18H21ClN4O3/c1-21-15(11-16(24)22(2)18(21)26)23-8-6-12(7-9-23)17(25)20-14-5-3-4-13(19)10-14/h3-5,10-12H,6-9H2,1-2H3,(H,20,25). The average Bonchev–Trinajstić information content (AvgIpc) is 2.63. The topological polar surface area (TPSA) is 76.3 Å². The van der Waals surface area contributed by atoms with Gasteiger partial charge in [-0.15, -0.1) is 0 Å². The van der Waals surface area contributed by atoms with Gasteiger partial charge < -0.3 is 10.2 Å². The molecular formula is C18H21ClN4O3. The first-order chi connectivity index (χ1) is 12.4. The molecule has 8 heteroatoms. The van der Waals surface area contributed by atoms with E-state index in [0.29, 0.717) is 42.5 Å². The van der Waals surface area contributed by atoms with Crippen LogP contribution in [0, 0.1) is 5.92 Å². The summed E-state index contributed by atoms with van der Waals surface area (Å²) in [6, 6.07) is 8.52. The van der Waals surface area contributed by atoms with Crippen LogP contribution in [0.1, 0.15) is 12.8 Å². The minimum Gasteiger partial charge on any atom is -0.358 e. The summed E-state index contributed by atoms with van der Waals surface area (Å²) in [4.78, 5) is 38.4. The molecule has 26 heavy (non-hydrogen) atoms. The van der Waals surface area contributed by atoms with Crippen LogP contribution in [0.4, 0.5) is 11.5 Å². The van der Waals surface area contributed by atoms with Gasteiger partial charge in [0.25, 0.3) is 5.56 Å². The minimum atomic E-state index is -0.353. The smallest absolute Gasteiger partial charge is 0.332 e. The lowest BCUT2D eigenvalue weighted by Crippen LogP contribution is -2.44. The first-order valence-electron chi connectivity index (χ1n) is 8.45. The summed E-state index contributed by atoms with van der Waals surface area (Å²) in [5.74, 6) is 0.436. The van der Waals surface area contributed by atoms with E-state index in [1.165, 1.54) is 17.7 Å². The lowest BCUT2D eigenvalue weighted by atomic mass is 9.95. The predicted molar refractivity (Wildman–Crippen MR) is 102 cm³/mol. The third-order valence-corrected chi connectivity index (χ3v) is 5.02. The molecule has 0 aliphatic carbocycles. The maximum absolute atomic E-state index is 12.5. The highest BCUT2D eigenvalue weighted by Gasteiger charge is 2.26. The van der Waals surface area contributed by atoms with Crippen molar-refractivity contribution < 1.29 is 4.79 Å². The molecule has 7 nitrogen and oxygen atoms in total. The summed E-state index contributed by atoms with van der Waals surface area (Å²) >= 11 is 5.94. The van der Waals surface area contributed by atoms with E-state index in [1.807, 2.05) is 4.90 Å². The Morgan fingerprint density at radius 1 is 1.12 bits per heavy atom. The zero-order chi connectivity index (χ0) is 18.8. The van der Waals surface area contributed by atoms with Crippen LogP contribution in [0.15, 0.2) is 39.9 Å². The summed E-state index contributed by atoms with van der Waals surface area (Å²) in [6.07, 6.45) is 1.30. The Hall–Kier alpha value is -2.54. The number of carbonyl (C=O) groups is 1. The molecular weight excluding hydrogens is 356 g/mol. The fourth-order valence-electron chi connectivity index (χ4n) is 3.21. The number of carbonyl (C=O) groups excluding carboxylic acids is 1. The number of nitrogens with zero attached hydrogens (tertiary/aromatic N) is 3. The number of rotatable bonds is 3. The minimum absolute atomic E-state index is 0.0372. The van der Waals surface area contributed by atoms with Crippen molar-refractivity contribution in [2.45, 2.75) is 12.8 Å². The van der Waals surface area contributed by atoms with Crippen molar-refractivity contribution in [3.05, 3.63) is 56.2 Å². The predicted octanol–water partition coefficient (Wildman–Crippen LogP) is 1.59. The van der Waals surface area contributed by atoms with Gasteiger partial charge in [0, 0.05) is 49.9 Å². The van der Waals surface area contributed by atoms with Crippen molar-refractivity contribution in [3.8, 4) is 0 Å². The molecule has 0 bridgehead atoms. The quantitative estimate of drug-likeness (QED) is 0.882. The summed E-state index contributed by atoms with van der Waals surface area (Å²) in [5.41, 5.74) is -0.00359. The second-order valence-corrected chi connectivity index (χ2v) is 6.94. The number of hydrogen-bond donors (Lipinski definition) is 1. The van der Waals surface area contributed by atoms with Crippen LogP contribution in [0.2, 0.25) is 5.02 Å². The van der Waals surface area contributed by atoms with Crippen LogP contribution < -0.4 is 21.5 Å². The molecule has 1 aliphatic rings. The van der Waals surface area contributed by atoms with Crippen molar-refractivity contribution in [2.24, 2.45) is 20.0 Å². The van der Waals surface area contributed by atoms with E-state index in [2.05, 4.69) is 5.32 Å². The Morgan fingerprint density at radius 2 is 1.81 bits per heavy atom. The van der Waals surface area contributed by atoms with Gasteiger partial charge in [-0.3, -0.25) is 18.7 Å². The van der Waals surface area contributed by atoms with Crippen molar-refractivity contribution >= 4 is 29.0 Å². The summed E-state index contributed by atoms with van der Waals surface area (Å²) in [6.45, 7) is 1.21. The molecule has 0 atom stereocenters.